The molecule has 7 heteroatoms. The zero-order chi connectivity index (χ0) is 20.9. The van der Waals surface area contributed by atoms with E-state index < -0.39 is 11.6 Å². The number of rotatable bonds is 9. The highest BCUT2D eigenvalue weighted by Crippen LogP contribution is 2.21. The normalized spacial score (nSPS) is 13.1. The lowest BCUT2D eigenvalue weighted by Gasteiger charge is -2.22. The van der Waals surface area contributed by atoms with Crippen LogP contribution in [0.1, 0.15) is 23.7 Å². The van der Waals surface area contributed by atoms with Crippen LogP contribution in [-0.2, 0) is 22.4 Å². The number of pyridine rings is 1. The third-order valence-electron chi connectivity index (χ3n) is 4.67. The number of hydrogen-bond acceptors (Lipinski definition) is 6. The molecule has 0 aliphatic carbocycles. The minimum atomic E-state index is -1.29. The number of aryl methyl sites for hydroxylation is 1. The highest BCUT2D eigenvalue weighted by atomic mass is 16.5. The Morgan fingerprint density at radius 1 is 1.28 bits per heavy atom. The fourth-order valence-electron chi connectivity index (χ4n) is 2.82. The van der Waals surface area contributed by atoms with E-state index in [1.165, 1.54) is 14.0 Å². The van der Waals surface area contributed by atoms with Gasteiger partial charge in [0, 0.05) is 37.8 Å². The summed E-state index contributed by atoms with van der Waals surface area (Å²) in [6, 6.07) is 11.5. The smallest absolute Gasteiger partial charge is 0.336 e. The van der Waals surface area contributed by atoms with Gasteiger partial charge in [-0.1, -0.05) is 23.8 Å². The maximum atomic E-state index is 11.3. The monoisotopic (exact) mass is 396 g/mol. The summed E-state index contributed by atoms with van der Waals surface area (Å²) in [5.41, 5.74) is 2.36. The summed E-state index contributed by atoms with van der Waals surface area (Å²) in [6.45, 7) is 3.95. The van der Waals surface area contributed by atoms with Crippen molar-refractivity contribution in [2.24, 2.45) is 0 Å². The number of methoxy groups -OCH3 is 1. The van der Waals surface area contributed by atoms with Crippen LogP contribution in [0.3, 0.4) is 0 Å². The van der Waals surface area contributed by atoms with Gasteiger partial charge < -0.3 is 19.0 Å². The molecule has 1 atom stereocenters. The van der Waals surface area contributed by atoms with Gasteiger partial charge >= 0.3 is 5.97 Å². The predicted octanol–water partition coefficient (Wildman–Crippen LogP) is 3.70. The lowest BCUT2D eigenvalue weighted by Crippen LogP contribution is -2.39. The van der Waals surface area contributed by atoms with Gasteiger partial charge in [-0.25, -0.2) is 14.8 Å². The fourth-order valence-corrected chi connectivity index (χ4v) is 2.82. The molecule has 0 aliphatic heterocycles. The Balaban J connectivity index is 1.53. The van der Waals surface area contributed by atoms with Gasteiger partial charge in [-0.3, -0.25) is 0 Å². The van der Waals surface area contributed by atoms with Gasteiger partial charge in [-0.05, 0) is 31.5 Å². The summed E-state index contributed by atoms with van der Waals surface area (Å²) in [5, 5.41) is 9.28. The van der Waals surface area contributed by atoms with E-state index in [2.05, 4.69) is 9.97 Å². The Labute approximate surface area is 169 Å². The molecule has 1 aromatic carbocycles. The van der Waals surface area contributed by atoms with Crippen molar-refractivity contribution in [3.8, 4) is 17.3 Å². The summed E-state index contributed by atoms with van der Waals surface area (Å²) in [7, 11) is 1.38. The van der Waals surface area contributed by atoms with Crippen molar-refractivity contribution in [3.05, 3.63) is 65.7 Å². The number of carboxylic acids is 1. The van der Waals surface area contributed by atoms with Crippen molar-refractivity contribution in [3.63, 3.8) is 0 Å². The molecule has 2 heterocycles. The molecule has 0 aliphatic rings. The van der Waals surface area contributed by atoms with E-state index in [4.69, 9.17) is 13.9 Å². The third kappa shape index (κ3) is 5.20. The Morgan fingerprint density at radius 3 is 2.76 bits per heavy atom. The second kappa shape index (κ2) is 8.87. The number of nitrogens with zero attached hydrogens (tertiary/aromatic N) is 2. The highest BCUT2D eigenvalue weighted by Gasteiger charge is 2.33. The molecular weight excluding hydrogens is 372 g/mol. The van der Waals surface area contributed by atoms with E-state index in [1.807, 2.05) is 31.2 Å². The Kier molecular flexibility index (Phi) is 6.29. The molecule has 7 nitrogen and oxygen atoms in total. The largest absolute Gasteiger partial charge is 0.479 e. The van der Waals surface area contributed by atoms with Crippen LogP contribution >= 0.6 is 0 Å². The van der Waals surface area contributed by atoms with Gasteiger partial charge in [-0.2, -0.15) is 0 Å². The molecule has 0 bridgehead atoms. The molecule has 1 unspecified atom stereocenters. The molecule has 3 rings (SSSR count). The minimum absolute atomic E-state index is 0.215. The first-order chi connectivity index (χ1) is 13.9. The van der Waals surface area contributed by atoms with Gasteiger partial charge in [0.15, 0.2) is 5.60 Å². The summed E-state index contributed by atoms with van der Waals surface area (Å²) in [5.74, 6) is 0.0365. The first-order valence-corrected chi connectivity index (χ1v) is 9.27. The Morgan fingerprint density at radius 2 is 2.10 bits per heavy atom. The summed E-state index contributed by atoms with van der Waals surface area (Å²) in [6.07, 6.45) is 4.03. The summed E-state index contributed by atoms with van der Waals surface area (Å²) < 4.78 is 16.3. The van der Waals surface area contributed by atoms with Crippen molar-refractivity contribution in [2.45, 2.75) is 32.3 Å². The number of carbonyl (C=O) groups is 1. The molecular formula is C22H24N2O5. The van der Waals surface area contributed by atoms with E-state index in [0.29, 0.717) is 24.8 Å². The number of carboxylic acid groups (broad SMARTS) is 1. The van der Waals surface area contributed by atoms with E-state index in [9.17, 15) is 9.90 Å². The topological polar surface area (TPSA) is 94.7 Å². The van der Waals surface area contributed by atoms with Crippen molar-refractivity contribution in [1.29, 1.82) is 0 Å². The van der Waals surface area contributed by atoms with Gasteiger partial charge in [0.1, 0.15) is 6.26 Å². The van der Waals surface area contributed by atoms with Crippen molar-refractivity contribution >= 4 is 5.97 Å². The van der Waals surface area contributed by atoms with Gasteiger partial charge in [0.05, 0.1) is 12.3 Å². The molecule has 0 saturated heterocycles. The van der Waals surface area contributed by atoms with E-state index >= 15 is 0 Å². The SMILES string of the molecule is COC(C)(Cc1ccc(OCCc2coc(-c3cccc(C)c3)n2)nc1)C(=O)O. The number of aromatic nitrogens is 2. The second-order valence-corrected chi connectivity index (χ2v) is 7.03. The molecule has 0 amide bonds. The predicted molar refractivity (Wildman–Crippen MR) is 107 cm³/mol. The number of ether oxygens (including phenoxy) is 2. The van der Waals surface area contributed by atoms with E-state index in [-0.39, 0.29) is 6.42 Å². The first kappa shape index (κ1) is 20.5. The number of oxazole rings is 1. The summed E-state index contributed by atoms with van der Waals surface area (Å²) in [4.78, 5) is 20.1. The molecule has 0 saturated carbocycles. The second-order valence-electron chi connectivity index (χ2n) is 7.03. The van der Waals surface area contributed by atoms with Crippen LogP contribution in [0.2, 0.25) is 0 Å². The van der Waals surface area contributed by atoms with E-state index in [0.717, 1.165) is 22.4 Å². The summed E-state index contributed by atoms with van der Waals surface area (Å²) >= 11 is 0. The average Bonchev–Trinajstić information content (AvgIpc) is 3.18. The zero-order valence-electron chi connectivity index (χ0n) is 16.7. The van der Waals surface area contributed by atoms with Crippen LogP contribution in [0, 0.1) is 6.92 Å². The van der Waals surface area contributed by atoms with Crippen LogP contribution in [0.5, 0.6) is 5.88 Å². The maximum absolute atomic E-state index is 11.3. The van der Waals surface area contributed by atoms with Gasteiger partial charge in [0.25, 0.3) is 0 Å². The first-order valence-electron chi connectivity index (χ1n) is 9.27. The lowest BCUT2D eigenvalue weighted by atomic mass is 9.97. The van der Waals surface area contributed by atoms with Crippen LogP contribution in [0.25, 0.3) is 11.5 Å². The standard InChI is InChI=1S/C22H24N2O5/c1-15-5-4-6-17(11-15)20-24-18(14-29-20)9-10-28-19-8-7-16(13-23-19)12-22(2,27-3)21(25)26/h4-8,11,13-14H,9-10,12H2,1-3H3,(H,25,26). The van der Waals surface area contributed by atoms with Crippen molar-refractivity contribution in [1.82, 2.24) is 9.97 Å². The van der Waals surface area contributed by atoms with Gasteiger partial charge in [0.2, 0.25) is 11.8 Å². The van der Waals surface area contributed by atoms with Crippen molar-refractivity contribution in [2.75, 3.05) is 13.7 Å². The maximum Gasteiger partial charge on any atom is 0.336 e. The highest BCUT2D eigenvalue weighted by molar-refractivity contribution is 5.77. The Hall–Kier alpha value is -3.19. The van der Waals surface area contributed by atoms with Gasteiger partial charge in [-0.15, -0.1) is 0 Å². The van der Waals surface area contributed by atoms with Crippen LogP contribution in [0.15, 0.2) is 53.3 Å². The van der Waals surface area contributed by atoms with E-state index in [1.54, 1.807) is 24.6 Å². The molecule has 29 heavy (non-hydrogen) atoms. The fraction of sp³-hybridized carbons (Fsp3) is 0.318. The molecule has 2 aromatic heterocycles. The molecule has 0 spiro atoms. The minimum Gasteiger partial charge on any atom is -0.479 e. The van der Waals surface area contributed by atoms with Crippen LogP contribution in [-0.4, -0.2) is 40.4 Å². The average molecular weight is 396 g/mol. The Bertz CT molecular complexity index is 967. The third-order valence-corrected chi connectivity index (χ3v) is 4.67. The molecule has 0 radical (unpaired) electrons. The molecule has 0 fully saturated rings. The number of hydrogen-bond donors (Lipinski definition) is 1. The van der Waals surface area contributed by atoms with Crippen LogP contribution < -0.4 is 4.74 Å². The van der Waals surface area contributed by atoms with Crippen LogP contribution in [0.4, 0.5) is 0 Å². The molecule has 3 aromatic rings. The molecule has 152 valence electrons. The molecule has 1 N–H and O–H groups in total. The zero-order valence-corrected chi connectivity index (χ0v) is 16.7. The number of benzene rings is 1. The number of aliphatic carboxylic acids is 1. The quantitative estimate of drug-likeness (QED) is 0.589. The lowest BCUT2D eigenvalue weighted by molar-refractivity contribution is -0.159. The van der Waals surface area contributed by atoms with Crippen molar-refractivity contribution < 1.29 is 23.8 Å².